The van der Waals surface area contributed by atoms with E-state index in [9.17, 15) is 25.5 Å². The second-order valence-corrected chi connectivity index (χ2v) is 6.23. The molecule has 1 rings (SSSR count). The van der Waals surface area contributed by atoms with E-state index in [0.717, 1.165) is 0 Å². The molecule has 0 spiro atoms. The van der Waals surface area contributed by atoms with Crippen LogP contribution in [0.15, 0.2) is 24.8 Å². The lowest BCUT2D eigenvalue weighted by Crippen LogP contribution is -2.60. The van der Waals surface area contributed by atoms with Gasteiger partial charge in [0.15, 0.2) is 6.29 Å². The van der Waals surface area contributed by atoms with Gasteiger partial charge in [0.25, 0.3) is 0 Å². The molecule has 1 aliphatic heterocycles. The Bertz CT molecular complexity index is 411. The first-order valence-corrected chi connectivity index (χ1v) is 7.60. The van der Waals surface area contributed by atoms with Crippen molar-refractivity contribution in [2.45, 2.75) is 69.1 Å². The summed E-state index contributed by atoms with van der Waals surface area (Å²) in [7, 11) is 0. The van der Waals surface area contributed by atoms with E-state index in [4.69, 9.17) is 9.47 Å². The van der Waals surface area contributed by atoms with Crippen LogP contribution in [0.5, 0.6) is 0 Å². The fourth-order valence-electron chi connectivity index (χ4n) is 2.31. The SMILES string of the molecule is C=C[C@](C)(CCC(O)C(=C)C)O[C@@H]1O[C@H](CO)[C@@H](O)[C@H](O)[C@H]1O. The molecule has 134 valence electrons. The summed E-state index contributed by atoms with van der Waals surface area (Å²) in [6.45, 7) is 10.3. The maximum Gasteiger partial charge on any atom is 0.187 e. The molecule has 1 unspecified atom stereocenters. The highest BCUT2D eigenvalue weighted by Crippen LogP contribution is 2.29. The van der Waals surface area contributed by atoms with Gasteiger partial charge in [-0.25, -0.2) is 0 Å². The molecule has 0 radical (unpaired) electrons. The third kappa shape index (κ3) is 5.09. The molecule has 0 bridgehead atoms. The minimum absolute atomic E-state index is 0.370. The molecule has 0 aromatic carbocycles. The average molecular weight is 332 g/mol. The smallest absolute Gasteiger partial charge is 0.187 e. The Labute approximate surface area is 136 Å². The Morgan fingerprint density at radius 2 is 1.91 bits per heavy atom. The molecule has 0 aromatic heterocycles. The molecule has 7 atom stereocenters. The Morgan fingerprint density at radius 3 is 2.39 bits per heavy atom. The van der Waals surface area contributed by atoms with Gasteiger partial charge >= 0.3 is 0 Å². The predicted molar refractivity (Wildman–Crippen MR) is 83.5 cm³/mol. The van der Waals surface area contributed by atoms with Crippen molar-refractivity contribution in [2.24, 2.45) is 0 Å². The van der Waals surface area contributed by atoms with Crippen molar-refractivity contribution in [1.82, 2.24) is 0 Å². The van der Waals surface area contributed by atoms with Gasteiger partial charge in [0.2, 0.25) is 0 Å². The lowest BCUT2D eigenvalue weighted by Gasteiger charge is -2.42. The number of aliphatic hydroxyl groups excluding tert-OH is 5. The van der Waals surface area contributed by atoms with Gasteiger partial charge < -0.3 is 35.0 Å². The van der Waals surface area contributed by atoms with Gasteiger partial charge in [0, 0.05) is 0 Å². The van der Waals surface area contributed by atoms with E-state index in [1.807, 2.05) is 0 Å². The molecule has 1 saturated heterocycles. The summed E-state index contributed by atoms with van der Waals surface area (Å²) in [6, 6.07) is 0. The molecule has 0 saturated carbocycles. The Hall–Kier alpha value is -0.800. The quantitative estimate of drug-likeness (QED) is 0.379. The van der Waals surface area contributed by atoms with Gasteiger partial charge in [0.1, 0.15) is 24.4 Å². The first kappa shape index (κ1) is 20.2. The Balaban J connectivity index is 2.76. The largest absolute Gasteiger partial charge is 0.394 e. The summed E-state index contributed by atoms with van der Waals surface area (Å²) in [5.41, 5.74) is -0.311. The van der Waals surface area contributed by atoms with Crippen molar-refractivity contribution in [3.8, 4) is 0 Å². The van der Waals surface area contributed by atoms with E-state index in [0.29, 0.717) is 18.4 Å². The summed E-state index contributed by atoms with van der Waals surface area (Å²) in [5, 5.41) is 48.5. The van der Waals surface area contributed by atoms with Crippen molar-refractivity contribution in [3.05, 3.63) is 24.8 Å². The Morgan fingerprint density at radius 1 is 1.30 bits per heavy atom. The van der Waals surface area contributed by atoms with E-state index in [-0.39, 0.29) is 0 Å². The minimum Gasteiger partial charge on any atom is -0.394 e. The average Bonchev–Trinajstić information content (AvgIpc) is 2.53. The molecule has 7 heteroatoms. The molecule has 1 heterocycles. The van der Waals surface area contributed by atoms with E-state index >= 15 is 0 Å². The Kier molecular flexibility index (Phi) is 7.34. The maximum atomic E-state index is 10.0. The van der Waals surface area contributed by atoms with E-state index in [2.05, 4.69) is 13.2 Å². The van der Waals surface area contributed by atoms with E-state index in [1.165, 1.54) is 6.08 Å². The summed E-state index contributed by atoms with van der Waals surface area (Å²) >= 11 is 0. The highest BCUT2D eigenvalue weighted by atomic mass is 16.7. The standard InChI is InChI=1S/C16H28O7/c1-5-16(4,7-6-10(18)9(2)3)23-15-14(21)13(20)12(19)11(8-17)22-15/h5,10-15,17-21H,1-2,6-8H2,3-4H3/t10?,11-,12-,13+,14-,15+,16-/m1/s1. The van der Waals surface area contributed by atoms with E-state index < -0.39 is 49.0 Å². The highest BCUT2D eigenvalue weighted by molar-refractivity contribution is 5.01. The van der Waals surface area contributed by atoms with Crippen molar-refractivity contribution in [1.29, 1.82) is 0 Å². The number of ether oxygens (including phenoxy) is 2. The fraction of sp³-hybridized carbons (Fsp3) is 0.750. The molecular formula is C16H28O7. The van der Waals surface area contributed by atoms with Crippen LogP contribution in [0, 0.1) is 0 Å². The summed E-state index contributed by atoms with van der Waals surface area (Å²) in [5.74, 6) is 0. The molecule has 23 heavy (non-hydrogen) atoms. The zero-order valence-corrected chi connectivity index (χ0v) is 13.6. The van der Waals surface area contributed by atoms with Gasteiger partial charge in [-0.15, -0.1) is 6.58 Å². The first-order valence-electron chi connectivity index (χ1n) is 7.60. The molecule has 0 amide bonds. The lowest BCUT2D eigenvalue weighted by atomic mass is 9.94. The molecule has 1 aliphatic rings. The number of hydrogen-bond acceptors (Lipinski definition) is 7. The molecule has 1 fully saturated rings. The normalized spacial score (nSPS) is 35.3. The van der Waals surface area contributed by atoms with Crippen LogP contribution in [0.1, 0.15) is 26.7 Å². The summed E-state index contributed by atoms with van der Waals surface area (Å²) < 4.78 is 11.0. The number of hydrogen-bond donors (Lipinski definition) is 5. The minimum atomic E-state index is -1.50. The number of rotatable bonds is 8. The molecule has 5 N–H and O–H groups in total. The topological polar surface area (TPSA) is 120 Å². The fourth-order valence-corrected chi connectivity index (χ4v) is 2.31. The second-order valence-electron chi connectivity index (χ2n) is 6.23. The molecular weight excluding hydrogens is 304 g/mol. The van der Waals surface area contributed by atoms with Crippen LogP contribution in [0.4, 0.5) is 0 Å². The molecule has 0 aliphatic carbocycles. The van der Waals surface area contributed by atoms with Crippen molar-refractivity contribution >= 4 is 0 Å². The van der Waals surface area contributed by atoms with Gasteiger partial charge in [-0.2, -0.15) is 0 Å². The van der Waals surface area contributed by atoms with Gasteiger partial charge in [-0.3, -0.25) is 0 Å². The van der Waals surface area contributed by atoms with Crippen LogP contribution in [0.2, 0.25) is 0 Å². The third-order valence-corrected chi connectivity index (χ3v) is 4.15. The monoisotopic (exact) mass is 332 g/mol. The van der Waals surface area contributed by atoms with E-state index in [1.54, 1.807) is 13.8 Å². The zero-order chi connectivity index (χ0) is 17.8. The number of aliphatic hydroxyl groups is 5. The lowest BCUT2D eigenvalue weighted by molar-refractivity contribution is -0.320. The molecule has 0 aromatic rings. The highest BCUT2D eigenvalue weighted by Gasteiger charge is 2.46. The third-order valence-electron chi connectivity index (χ3n) is 4.15. The molecule has 7 nitrogen and oxygen atoms in total. The summed E-state index contributed by atoms with van der Waals surface area (Å²) in [4.78, 5) is 0. The zero-order valence-electron chi connectivity index (χ0n) is 13.6. The van der Waals surface area contributed by atoms with Crippen LogP contribution in [0.3, 0.4) is 0 Å². The van der Waals surface area contributed by atoms with Crippen molar-refractivity contribution < 1.29 is 35.0 Å². The maximum absolute atomic E-state index is 10.0. The van der Waals surface area contributed by atoms with Gasteiger partial charge in [-0.05, 0) is 26.7 Å². The van der Waals surface area contributed by atoms with Crippen LogP contribution in [-0.2, 0) is 9.47 Å². The first-order chi connectivity index (χ1) is 10.6. The summed E-state index contributed by atoms with van der Waals surface area (Å²) in [6.07, 6.45) is -5.11. The van der Waals surface area contributed by atoms with Crippen LogP contribution in [0.25, 0.3) is 0 Å². The second kappa shape index (κ2) is 8.34. The van der Waals surface area contributed by atoms with Crippen LogP contribution >= 0.6 is 0 Å². The van der Waals surface area contributed by atoms with Crippen LogP contribution in [-0.4, -0.2) is 74.6 Å². The van der Waals surface area contributed by atoms with Crippen molar-refractivity contribution in [2.75, 3.05) is 6.61 Å². The van der Waals surface area contributed by atoms with Gasteiger partial charge in [-0.1, -0.05) is 18.2 Å². The predicted octanol–water partition coefficient (Wildman–Crippen LogP) is -0.535. The van der Waals surface area contributed by atoms with Gasteiger partial charge in [0.05, 0.1) is 18.3 Å². The van der Waals surface area contributed by atoms with Crippen molar-refractivity contribution in [3.63, 3.8) is 0 Å². The van der Waals surface area contributed by atoms with Crippen LogP contribution < -0.4 is 0 Å².